The molecule has 2 aromatic carbocycles. The Morgan fingerprint density at radius 3 is 2.56 bits per heavy atom. The highest BCUT2D eigenvalue weighted by molar-refractivity contribution is 9.10. The van der Waals surface area contributed by atoms with E-state index < -0.39 is 5.97 Å². The third kappa shape index (κ3) is 2.71. The number of rotatable bonds is 3. The maximum absolute atomic E-state index is 11.1. The van der Waals surface area contributed by atoms with Gasteiger partial charge in [0.05, 0.1) is 0 Å². The third-order valence-electron chi connectivity index (χ3n) is 2.47. The van der Waals surface area contributed by atoms with Gasteiger partial charge in [-0.25, -0.2) is 4.79 Å². The second-order valence-electron chi connectivity index (χ2n) is 3.81. The molecule has 18 heavy (non-hydrogen) atoms. The average Bonchev–Trinajstić information content (AvgIpc) is 2.33. The van der Waals surface area contributed by atoms with Gasteiger partial charge in [-0.3, -0.25) is 0 Å². The number of aromatic carboxylic acids is 1. The van der Waals surface area contributed by atoms with E-state index in [1.165, 1.54) is 6.07 Å². The number of hydrogen-bond donors (Lipinski definition) is 1. The molecule has 0 radical (unpaired) electrons. The zero-order valence-corrected chi connectivity index (χ0v) is 11.3. The lowest BCUT2D eigenvalue weighted by Gasteiger charge is -2.10. The smallest absolute Gasteiger partial charge is 0.339 e. The maximum Gasteiger partial charge on any atom is 0.339 e. The van der Waals surface area contributed by atoms with Gasteiger partial charge in [-0.1, -0.05) is 28.1 Å². The number of hydrogen-bond acceptors (Lipinski definition) is 2. The van der Waals surface area contributed by atoms with Crippen LogP contribution in [0.25, 0.3) is 0 Å². The molecule has 3 nitrogen and oxygen atoms in total. The minimum Gasteiger partial charge on any atom is -0.478 e. The van der Waals surface area contributed by atoms with Gasteiger partial charge in [-0.2, -0.15) is 0 Å². The topological polar surface area (TPSA) is 46.5 Å². The first kappa shape index (κ1) is 12.6. The van der Waals surface area contributed by atoms with Crippen LogP contribution >= 0.6 is 15.9 Å². The molecule has 0 bridgehead atoms. The number of carbonyl (C=O) groups is 1. The van der Waals surface area contributed by atoms with Crippen LogP contribution in [-0.2, 0) is 0 Å². The van der Waals surface area contributed by atoms with Crippen molar-refractivity contribution in [3.05, 3.63) is 58.1 Å². The summed E-state index contributed by atoms with van der Waals surface area (Å²) in [5, 5.41) is 9.07. The highest BCUT2D eigenvalue weighted by atomic mass is 79.9. The van der Waals surface area contributed by atoms with Crippen molar-refractivity contribution in [2.45, 2.75) is 6.92 Å². The van der Waals surface area contributed by atoms with Crippen LogP contribution < -0.4 is 4.74 Å². The van der Waals surface area contributed by atoms with Crippen molar-refractivity contribution in [1.82, 2.24) is 0 Å². The van der Waals surface area contributed by atoms with Crippen LogP contribution in [0.2, 0.25) is 0 Å². The van der Waals surface area contributed by atoms with Crippen molar-refractivity contribution in [1.29, 1.82) is 0 Å². The predicted octanol–water partition coefficient (Wildman–Crippen LogP) is 4.25. The van der Waals surface area contributed by atoms with Gasteiger partial charge in [-0.05, 0) is 42.8 Å². The van der Waals surface area contributed by atoms with Gasteiger partial charge in [0, 0.05) is 4.47 Å². The second kappa shape index (κ2) is 5.23. The Labute approximate surface area is 113 Å². The first-order valence-corrected chi connectivity index (χ1v) is 6.13. The van der Waals surface area contributed by atoms with Gasteiger partial charge in [0.25, 0.3) is 0 Å². The quantitative estimate of drug-likeness (QED) is 0.922. The predicted molar refractivity (Wildman–Crippen MR) is 72.4 cm³/mol. The molecule has 0 aromatic heterocycles. The van der Waals surface area contributed by atoms with E-state index in [0.29, 0.717) is 11.5 Å². The molecule has 4 heteroatoms. The standard InChI is InChI=1S/C14H11BrO3/c1-9-8-10(15)6-7-12(9)18-13-5-3-2-4-11(13)14(16)17/h2-8H,1H3,(H,16,17). The summed E-state index contributed by atoms with van der Waals surface area (Å²) in [6.07, 6.45) is 0. The van der Waals surface area contributed by atoms with Gasteiger partial charge in [0.2, 0.25) is 0 Å². The lowest BCUT2D eigenvalue weighted by molar-refractivity contribution is 0.0694. The molecular formula is C14H11BrO3. The van der Waals surface area contributed by atoms with E-state index in [1.54, 1.807) is 24.3 Å². The van der Waals surface area contributed by atoms with E-state index in [4.69, 9.17) is 9.84 Å². The molecule has 0 aliphatic carbocycles. The van der Waals surface area contributed by atoms with Crippen LogP contribution in [0.1, 0.15) is 15.9 Å². The molecular weight excluding hydrogens is 296 g/mol. The Kier molecular flexibility index (Phi) is 3.67. The van der Waals surface area contributed by atoms with E-state index in [-0.39, 0.29) is 5.56 Å². The lowest BCUT2D eigenvalue weighted by atomic mass is 10.2. The summed E-state index contributed by atoms with van der Waals surface area (Å²) in [6, 6.07) is 12.2. The average molecular weight is 307 g/mol. The second-order valence-corrected chi connectivity index (χ2v) is 4.73. The van der Waals surface area contributed by atoms with Crippen molar-refractivity contribution in [2.75, 3.05) is 0 Å². The Hall–Kier alpha value is -1.81. The van der Waals surface area contributed by atoms with Gasteiger partial charge >= 0.3 is 5.97 Å². The number of benzene rings is 2. The molecule has 2 aromatic rings. The molecule has 0 fully saturated rings. The Bertz CT molecular complexity index is 593. The zero-order valence-electron chi connectivity index (χ0n) is 9.68. The molecule has 0 aliphatic rings. The summed E-state index contributed by atoms with van der Waals surface area (Å²) in [4.78, 5) is 11.1. The molecule has 1 N–H and O–H groups in total. The SMILES string of the molecule is Cc1cc(Br)ccc1Oc1ccccc1C(=O)O. The lowest BCUT2D eigenvalue weighted by Crippen LogP contribution is -2.00. The van der Waals surface area contributed by atoms with E-state index in [0.717, 1.165) is 10.0 Å². The highest BCUT2D eigenvalue weighted by Gasteiger charge is 2.11. The van der Waals surface area contributed by atoms with Gasteiger partial charge in [-0.15, -0.1) is 0 Å². The normalized spacial score (nSPS) is 10.1. The number of carboxylic acid groups (broad SMARTS) is 1. The molecule has 0 aliphatic heterocycles. The number of para-hydroxylation sites is 1. The van der Waals surface area contributed by atoms with Crippen LogP contribution in [-0.4, -0.2) is 11.1 Å². The molecule has 92 valence electrons. The minimum atomic E-state index is -1.000. The minimum absolute atomic E-state index is 0.153. The third-order valence-corrected chi connectivity index (χ3v) is 2.97. The molecule has 0 atom stereocenters. The van der Waals surface area contributed by atoms with E-state index in [9.17, 15) is 4.79 Å². The summed E-state index contributed by atoms with van der Waals surface area (Å²) in [7, 11) is 0. The number of halogens is 1. The molecule has 0 amide bonds. The van der Waals surface area contributed by atoms with Crippen molar-refractivity contribution in [3.8, 4) is 11.5 Å². The first-order chi connectivity index (χ1) is 8.58. The Morgan fingerprint density at radius 2 is 1.89 bits per heavy atom. The van der Waals surface area contributed by atoms with Gasteiger partial charge < -0.3 is 9.84 Å². The summed E-state index contributed by atoms with van der Waals surface area (Å²) >= 11 is 3.37. The van der Waals surface area contributed by atoms with Crippen LogP contribution in [0.15, 0.2) is 46.9 Å². The highest BCUT2D eigenvalue weighted by Crippen LogP contribution is 2.29. The largest absolute Gasteiger partial charge is 0.478 e. The molecule has 0 unspecified atom stereocenters. The summed E-state index contributed by atoms with van der Waals surface area (Å²) in [5.41, 5.74) is 1.09. The molecule has 0 saturated carbocycles. The monoisotopic (exact) mass is 306 g/mol. The maximum atomic E-state index is 11.1. The first-order valence-electron chi connectivity index (χ1n) is 5.34. The zero-order chi connectivity index (χ0) is 13.1. The summed E-state index contributed by atoms with van der Waals surface area (Å²) in [6.45, 7) is 1.91. The molecule has 2 rings (SSSR count). The van der Waals surface area contributed by atoms with Crippen LogP contribution in [0, 0.1) is 6.92 Å². The fourth-order valence-electron chi connectivity index (χ4n) is 1.58. The molecule has 0 saturated heterocycles. The number of ether oxygens (including phenoxy) is 1. The Balaban J connectivity index is 2.37. The molecule has 0 spiro atoms. The fourth-order valence-corrected chi connectivity index (χ4v) is 2.05. The Morgan fingerprint density at radius 1 is 1.17 bits per heavy atom. The van der Waals surface area contributed by atoms with Crippen molar-refractivity contribution >= 4 is 21.9 Å². The fraction of sp³-hybridized carbons (Fsp3) is 0.0714. The van der Waals surface area contributed by atoms with Crippen LogP contribution in [0.4, 0.5) is 0 Å². The molecule has 0 heterocycles. The van der Waals surface area contributed by atoms with Gasteiger partial charge in [0.15, 0.2) is 0 Å². The summed E-state index contributed by atoms with van der Waals surface area (Å²) < 4.78 is 6.61. The van der Waals surface area contributed by atoms with E-state index >= 15 is 0 Å². The summed E-state index contributed by atoms with van der Waals surface area (Å²) in [5.74, 6) is -0.0114. The van der Waals surface area contributed by atoms with Crippen molar-refractivity contribution in [2.24, 2.45) is 0 Å². The van der Waals surface area contributed by atoms with Crippen LogP contribution in [0.5, 0.6) is 11.5 Å². The van der Waals surface area contributed by atoms with Crippen molar-refractivity contribution in [3.63, 3.8) is 0 Å². The van der Waals surface area contributed by atoms with Gasteiger partial charge in [0.1, 0.15) is 17.1 Å². The van der Waals surface area contributed by atoms with E-state index in [2.05, 4.69) is 15.9 Å². The van der Waals surface area contributed by atoms with E-state index in [1.807, 2.05) is 19.1 Å². The number of carboxylic acids is 1. The van der Waals surface area contributed by atoms with Crippen molar-refractivity contribution < 1.29 is 14.6 Å². The number of aryl methyl sites for hydroxylation is 1. The van der Waals surface area contributed by atoms with Crippen LogP contribution in [0.3, 0.4) is 0 Å².